The van der Waals surface area contributed by atoms with E-state index in [1.165, 1.54) is 0 Å². The molecule has 2 aromatic rings. The number of nitrogens with zero attached hydrogens (tertiary/aromatic N) is 2. The summed E-state index contributed by atoms with van der Waals surface area (Å²) in [5, 5.41) is 3.04. The maximum absolute atomic E-state index is 5.63. The molecule has 0 unspecified atom stereocenters. The van der Waals surface area contributed by atoms with Crippen LogP contribution in [-0.4, -0.2) is 25.2 Å². The van der Waals surface area contributed by atoms with Gasteiger partial charge in [0.25, 0.3) is 0 Å². The summed E-state index contributed by atoms with van der Waals surface area (Å²) in [6, 6.07) is 7.99. The van der Waals surface area contributed by atoms with E-state index >= 15 is 0 Å². The molecule has 5 heteroatoms. The third-order valence-corrected chi connectivity index (χ3v) is 3.78. The van der Waals surface area contributed by atoms with Gasteiger partial charge in [-0.05, 0) is 32.0 Å². The third kappa shape index (κ3) is 3.24. The van der Waals surface area contributed by atoms with Crippen LogP contribution in [0.15, 0.2) is 29.6 Å². The van der Waals surface area contributed by atoms with Gasteiger partial charge in [0, 0.05) is 11.9 Å². The van der Waals surface area contributed by atoms with Crippen LogP contribution in [0.4, 0.5) is 10.8 Å². The van der Waals surface area contributed by atoms with Crippen molar-refractivity contribution < 1.29 is 4.74 Å². The van der Waals surface area contributed by atoms with Crippen LogP contribution < -0.4 is 15.4 Å². The standard InChI is InChI=1S/C14H19N3OS/c1-11-10-19-14(16-11)17(9-5-8-15)12-6-3-4-7-13(12)18-2/h3-4,6-7,10H,5,8-9,15H2,1-2H3. The second-order valence-corrected chi connectivity index (χ2v) is 5.07. The summed E-state index contributed by atoms with van der Waals surface area (Å²) < 4.78 is 5.44. The molecule has 0 saturated heterocycles. The number of nitrogens with two attached hydrogens (primary N) is 1. The van der Waals surface area contributed by atoms with Gasteiger partial charge in [-0.25, -0.2) is 4.98 Å². The molecule has 2 N–H and O–H groups in total. The zero-order valence-electron chi connectivity index (χ0n) is 11.3. The van der Waals surface area contributed by atoms with Crippen LogP contribution in [0.25, 0.3) is 0 Å². The quantitative estimate of drug-likeness (QED) is 0.882. The Bertz CT molecular complexity index is 527. The number of aryl methyl sites for hydroxylation is 1. The first-order chi connectivity index (χ1) is 9.26. The predicted molar refractivity (Wildman–Crippen MR) is 80.5 cm³/mol. The number of ether oxygens (including phenoxy) is 1. The first-order valence-corrected chi connectivity index (χ1v) is 7.17. The van der Waals surface area contributed by atoms with Crippen molar-refractivity contribution in [2.24, 2.45) is 5.73 Å². The lowest BCUT2D eigenvalue weighted by Crippen LogP contribution is -2.21. The van der Waals surface area contributed by atoms with E-state index in [0.29, 0.717) is 6.54 Å². The van der Waals surface area contributed by atoms with E-state index in [9.17, 15) is 0 Å². The molecular formula is C14H19N3OS. The molecule has 0 spiro atoms. The molecule has 4 nitrogen and oxygen atoms in total. The lowest BCUT2D eigenvalue weighted by molar-refractivity contribution is 0.415. The number of thiazole rings is 1. The molecule has 0 bridgehead atoms. The topological polar surface area (TPSA) is 51.4 Å². The fourth-order valence-corrected chi connectivity index (χ4v) is 2.73. The van der Waals surface area contributed by atoms with E-state index in [4.69, 9.17) is 10.5 Å². The van der Waals surface area contributed by atoms with E-state index in [1.807, 2.05) is 31.2 Å². The normalized spacial score (nSPS) is 10.5. The number of hydrogen-bond donors (Lipinski definition) is 1. The average molecular weight is 277 g/mol. The fourth-order valence-electron chi connectivity index (χ4n) is 1.89. The molecule has 0 saturated carbocycles. The van der Waals surface area contributed by atoms with Gasteiger partial charge < -0.3 is 15.4 Å². The largest absolute Gasteiger partial charge is 0.495 e. The van der Waals surface area contributed by atoms with Crippen molar-refractivity contribution in [1.82, 2.24) is 4.98 Å². The Hall–Kier alpha value is -1.59. The van der Waals surface area contributed by atoms with Gasteiger partial charge in [-0.1, -0.05) is 12.1 Å². The van der Waals surface area contributed by atoms with E-state index in [-0.39, 0.29) is 0 Å². The van der Waals surface area contributed by atoms with E-state index < -0.39 is 0 Å². The van der Waals surface area contributed by atoms with Crippen LogP contribution in [0.3, 0.4) is 0 Å². The Labute approximate surface area is 117 Å². The molecule has 1 aromatic carbocycles. The SMILES string of the molecule is COc1ccccc1N(CCCN)c1nc(C)cs1. The van der Waals surface area contributed by atoms with Gasteiger partial charge in [0.1, 0.15) is 5.75 Å². The first kappa shape index (κ1) is 13.8. The number of hydrogen-bond acceptors (Lipinski definition) is 5. The highest BCUT2D eigenvalue weighted by Gasteiger charge is 2.15. The van der Waals surface area contributed by atoms with Gasteiger partial charge in [-0.2, -0.15) is 0 Å². The Balaban J connectivity index is 2.36. The molecular weight excluding hydrogens is 258 g/mol. The minimum absolute atomic E-state index is 0.663. The smallest absolute Gasteiger partial charge is 0.190 e. The van der Waals surface area contributed by atoms with Crippen molar-refractivity contribution >= 4 is 22.2 Å². The second-order valence-electron chi connectivity index (χ2n) is 4.24. The number of rotatable bonds is 6. The maximum Gasteiger partial charge on any atom is 0.190 e. The Morgan fingerprint density at radius 1 is 1.37 bits per heavy atom. The van der Waals surface area contributed by atoms with Crippen molar-refractivity contribution in [2.45, 2.75) is 13.3 Å². The van der Waals surface area contributed by atoms with Crippen molar-refractivity contribution in [3.05, 3.63) is 35.3 Å². The molecule has 102 valence electrons. The number of benzene rings is 1. The maximum atomic E-state index is 5.63. The molecule has 1 aromatic heterocycles. The second kappa shape index (κ2) is 6.54. The predicted octanol–water partition coefficient (Wildman–Crippen LogP) is 2.95. The molecule has 0 aliphatic rings. The molecule has 0 radical (unpaired) electrons. The Morgan fingerprint density at radius 3 is 2.79 bits per heavy atom. The van der Waals surface area contributed by atoms with Crippen LogP contribution in [0, 0.1) is 6.92 Å². The average Bonchev–Trinajstić information content (AvgIpc) is 2.86. The lowest BCUT2D eigenvalue weighted by Gasteiger charge is -2.23. The van der Waals surface area contributed by atoms with Gasteiger partial charge in [0.05, 0.1) is 18.5 Å². The molecule has 2 rings (SSSR count). The molecule has 1 heterocycles. The van der Waals surface area contributed by atoms with Crippen LogP contribution in [0.5, 0.6) is 5.75 Å². The number of anilines is 2. The summed E-state index contributed by atoms with van der Waals surface area (Å²) in [6.45, 7) is 3.50. The lowest BCUT2D eigenvalue weighted by atomic mass is 10.2. The van der Waals surface area contributed by atoms with Crippen LogP contribution >= 0.6 is 11.3 Å². The highest BCUT2D eigenvalue weighted by atomic mass is 32.1. The summed E-state index contributed by atoms with van der Waals surface area (Å²) in [6.07, 6.45) is 0.913. The van der Waals surface area contributed by atoms with Crippen LogP contribution in [0.1, 0.15) is 12.1 Å². The summed E-state index contributed by atoms with van der Waals surface area (Å²) >= 11 is 1.64. The van der Waals surface area contributed by atoms with E-state index in [2.05, 4.69) is 15.3 Å². The molecule has 0 amide bonds. The molecule has 0 aliphatic carbocycles. The molecule has 0 atom stereocenters. The summed E-state index contributed by atoms with van der Waals surface area (Å²) in [5.41, 5.74) is 7.70. The van der Waals surface area contributed by atoms with E-state index in [0.717, 1.165) is 35.2 Å². The van der Waals surface area contributed by atoms with Gasteiger partial charge in [0.15, 0.2) is 5.13 Å². The zero-order chi connectivity index (χ0) is 13.7. The minimum atomic E-state index is 0.663. The fraction of sp³-hybridized carbons (Fsp3) is 0.357. The molecule has 0 fully saturated rings. The Morgan fingerprint density at radius 2 is 2.16 bits per heavy atom. The number of methoxy groups -OCH3 is 1. The van der Waals surface area contributed by atoms with Crippen molar-refractivity contribution in [1.29, 1.82) is 0 Å². The Kier molecular flexibility index (Phi) is 4.76. The summed E-state index contributed by atoms with van der Waals surface area (Å²) in [4.78, 5) is 6.73. The van der Waals surface area contributed by atoms with Crippen LogP contribution in [-0.2, 0) is 0 Å². The monoisotopic (exact) mass is 277 g/mol. The number of para-hydroxylation sites is 2. The van der Waals surface area contributed by atoms with Crippen molar-refractivity contribution in [3.8, 4) is 5.75 Å². The minimum Gasteiger partial charge on any atom is -0.495 e. The number of aromatic nitrogens is 1. The van der Waals surface area contributed by atoms with Gasteiger partial charge in [-0.15, -0.1) is 11.3 Å². The third-order valence-electron chi connectivity index (χ3n) is 2.80. The van der Waals surface area contributed by atoms with Gasteiger partial charge >= 0.3 is 0 Å². The van der Waals surface area contributed by atoms with Crippen LogP contribution in [0.2, 0.25) is 0 Å². The van der Waals surface area contributed by atoms with Gasteiger partial charge in [0.2, 0.25) is 0 Å². The summed E-state index contributed by atoms with van der Waals surface area (Å²) in [7, 11) is 1.69. The van der Waals surface area contributed by atoms with Crippen molar-refractivity contribution in [2.75, 3.05) is 25.1 Å². The molecule has 0 aliphatic heterocycles. The molecule has 19 heavy (non-hydrogen) atoms. The highest BCUT2D eigenvalue weighted by molar-refractivity contribution is 7.13. The zero-order valence-corrected chi connectivity index (χ0v) is 12.1. The highest BCUT2D eigenvalue weighted by Crippen LogP contribution is 2.35. The summed E-state index contributed by atoms with van der Waals surface area (Å²) in [5.74, 6) is 0.854. The van der Waals surface area contributed by atoms with Crippen molar-refractivity contribution in [3.63, 3.8) is 0 Å². The van der Waals surface area contributed by atoms with Gasteiger partial charge in [-0.3, -0.25) is 0 Å². The van der Waals surface area contributed by atoms with E-state index in [1.54, 1.807) is 18.4 Å². The first-order valence-electron chi connectivity index (χ1n) is 6.29.